The van der Waals surface area contributed by atoms with Gasteiger partial charge in [0.1, 0.15) is 29.1 Å². The number of rotatable bonds is 5. The predicted molar refractivity (Wildman–Crippen MR) is 128 cm³/mol. The Morgan fingerprint density at radius 3 is 2.61 bits per heavy atom. The van der Waals surface area contributed by atoms with Crippen molar-refractivity contribution in [1.82, 2.24) is 29.8 Å². The quantitative estimate of drug-likeness (QED) is 0.329. The average molecular weight is 531 g/mol. The highest BCUT2D eigenvalue weighted by Gasteiger charge is 2.66. The number of halogens is 4. The monoisotopic (exact) mass is 531 g/mol. The molecular formula is C23H21F4N9O2. The highest BCUT2D eigenvalue weighted by molar-refractivity contribution is 6.00. The first-order chi connectivity index (χ1) is 18.1. The molecule has 6 rings (SSSR count). The largest absolute Gasteiger partial charge is 0.401 e. The van der Waals surface area contributed by atoms with E-state index < -0.39 is 23.4 Å². The maximum Gasteiger partial charge on any atom is 0.401 e. The molecule has 4 N–H and O–H groups in total. The number of carbonyl (C=O) groups excluding carboxylic acids is 1. The van der Waals surface area contributed by atoms with E-state index in [-0.39, 0.29) is 42.0 Å². The van der Waals surface area contributed by atoms with Crippen LogP contribution in [0.5, 0.6) is 0 Å². The number of likely N-dealkylation sites (N-methyl/N-ethyl adjacent to an activating group) is 1. The fourth-order valence-corrected chi connectivity index (χ4v) is 4.66. The molecule has 4 heterocycles. The Balaban J connectivity index is 1.21. The first kappa shape index (κ1) is 24.1. The van der Waals surface area contributed by atoms with Crippen LogP contribution in [0.2, 0.25) is 0 Å². The van der Waals surface area contributed by atoms with Gasteiger partial charge in [0, 0.05) is 24.7 Å². The summed E-state index contributed by atoms with van der Waals surface area (Å²) >= 11 is 0. The molecule has 4 aromatic rings. The molecule has 0 spiro atoms. The third-order valence-electron chi connectivity index (χ3n) is 6.92. The molecule has 0 unspecified atom stereocenters. The van der Waals surface area contributed by atoms with Gasteiger partial charge < -0.3 is 20.5 Å². The minimum absolute atomic E-state index is 0.0861. The van der Waals surface area contributed by atoms with Crippen LogP contribution in [0, 0.1) is 5.82 Å². The molecule has 2 fully saturated rings. The number of fused-ring (bicyclic) bond motifs is 1. The van der Waals surface area contributed by atoms with Gasteiger partial charge in [0.2, 0.25) is 0 Å². The van der Waals surface area contributed by atoms with Gasteiger partial charge in [-0.25, -0.2) is 23.8 Å². The molecule has 198 valence electrons. The number of benzene rings is 1. The minimum Gasteiger partial charge on any atom is -0.383 e. The van der Waals surface area contributed by atoms with Crippen LogP contribution in [0.3, 0.4) is 0 Å². The summed E-state index contributed by atoms with van der Waals surface area (Å²) in [5.41, 5.74) is 5.21. The summed E-state index contributed by atoms with van der Waals surface area (Å²) in [4.78, 5) is 22.9. The summed E-state index contributed by atoms with van der Waals surface area (Å²) in [6, 6.07) is 4.28. The van der Waals surface area contributed by atoms with Gasteiger partial charge in [-0.1, -0.05) is 11.2 Å². The normalized spacial score (nSPS) is 17.4. The first-order valence-corrected chi connectivity index (χ1v) is 11.6. The summed E-state index contributed by atoms with van der Waals surface area (Å²) in [5, 5.41) is 13.2. The Hall–Kier alpha value is -4.27. The molecule has 2 amide bonds. The van der Waals surface area contributed by atoms with E-state index in [4.69, 9.17) is 10.3 Å². The van der Waals surface area contributed by atoms with E-state index in [0.29, 0.717) is 22.3 Å². The Bertz CT molecular complexity index is 1550. The highest BCUT2D eigenvalue weighted by Crippen LogP contribution is 2.59. The van der Waals surface area contributed by atoms with Crippen molar-refractivity contribution in [2.45, 2.75) is 30.5 Å². The minimum atomic E-state index is -4.48. The number of nitrogen functional groups attached to an aromatic ring is 1. The maximum atomic E-state index is 15.0. The number of anilines is 3. The van der Waals surface area contributed by atoms with E-state index in [1.54, 1.807) is 10.7 Å². The zero-order chi connectivity index (χ0) is 26.8. The zero-order valence-corrected chi connectivity index (χ0v) is 19.9. The standard InChI is InChI=1S/C23H21F4N9O2/c1-35-8-12(9-35)36-20-17(19(28)29-10-30-20)18(33-36)11-2-3-14(13(24)6-11)31-21(37)32-16-7-15(38-34-16)22(4-5-22)23(25,26)27/h2-3,6-7,10,12H,4-5,8-9H2,1H3,(H2,28,29,30)(H2,31,32,34,37). The van der Waals surface area contributed by atoms with Gasteiger partial charge in [-0.15, -0.1) is 0 Å². The zero-order valence-electron chi connectivity index (χ0n) is 19.9. The summed E-state index contributed by atoms with van der Waals surface area (Å²) in [5.74, 6) is -1.16. The molecule has 1 aromatic carbocycles. The number of urea groups is 1. The average Bonchev–Trinajstić information content (AvgIpc) is 3.39. The van der Waals surface area contributed by atoms with E-state index >= 15 is 4.39 Å². The second-order valence-corrected chi connectivity index (χ2v) is 9.56. The molecule has 0 bridgehead atoms. The van der Waals surface area contributed by atoms with Crippen molar-refractivity contribution in [1.29, 1.82) is 0 Å². The summed E-state index contributed by atoms with van der Waals surface area (Å²) < 4.78 is 61.4. The molecule has 1 aliphatic heterocycles. The molecule has 3 aromatic heterocycles. The van der Waals surface area contributed by atoms with Gasteiger partial charge in [0.25, 0.3) is 0 Å². The molecule has 1 aliphatic carbocycles. The lowest BCUT2D eigenvalue weighted by Crippen LogP contribution is -2.45. The van der Waals surface area contributed by atoms with Crippen LogP contribution in [0.4, 0.5) is 39.7 Å². The molecular weight excluding hydrogens is 510 g/mol. The van der Waals surface area contributed by atoms with Crippen molar-refractivity contribution in [2.75, 3.05) is 36.5 Å². The van der Waals surface area contributed by atoms with Gasteiger partial charge in [0.15, 0.2) is 17.2 Å². The number of carbonyl (C=O) groups is 1. The van der Waals surface area contributed by atoms with Crippen molar-refractivity contribution in [2.24, 2.45) is 0 Å². The topological polar surface area (TPSA) is 140 Å². The summed E-state index contributed by atoms with van der Waals surface area (Å²) in [7, 11) is 1.98. The second kappa shape index (κ2) is 8.37. The van der Waals surface area contributed by atoms with E-state index in [9.17, 15) is 18.0 Å². The van der Waals surface area contributed by atoms with Gasteiger partial charge in [-0.2, -0.15) is 18.3 Å². The van der Waals surface area contributed by atoms with Gasteiger partial charge >= 0.3 is 12.2 Å². The van der Waals surface area contributed by atoms with Crippen molar-refractivity contribution in [3.05, 3.63) is 42.2 Å². The van der Waals surface area contributed by atoms with Crippen LogP contribution in [-0.4, -0.2) is 62.1 Å². The highest BCUT2D eigenvalue weighted by atomic mass is 19.4. The van der Waals surface area contributed by atoms with Crippen molar-refractivity contribution >= 4 is 34.4 Å². The lowest BCUT2D eigenvalue weighted by Gasteiger charge is -2.36. The fraction of sp³-hybridized carbons (Fsp3) is 0.348. The third-order valence-corrected chi connectivity index (χ3v) is 6.92. The number of nitrogens with one attached hydrogen (secondary N) is 2. The summed E-state index contributed by atoms with van der Waals surface area (Å²) in [6.45, 7) is 1.55. The van der Waals surface area contributed by atoms with Gasteiger partial charge in [-0.05, 0) is 32.0 Å². The van der Waals surface area contributed by atoms with Crippen LogP contribution in [-0.2, 0) is 5.41 Å². The van der Waals surface area contributed by atoms with Gasteiger partial charge in [0.05, 0.1) is 17.1 Å². The van der Waals surface area contributed by atoms with E-state index in [2.05, 4.69) is 35.8 Å². The van der Waals surface area contributed by atoms with Crippen molar-refractivity contribution in [3.8, 4) is 11.3 Å². The molecule has 0 atom stereocenters. The smallest absolute Gasteiger partial charge is 0.383 e. The van der Waals surface area contributed by atoms with Crippen LogP contribution in [0.15, 0.2) is 35.1 Å². The van der Waals surface area contributed by atoms with Crippen LogP contribution in [0.25, 0.3) is 22.3 Å². The van der Waals surface area contributed by atoms with Crippen LogP contribution >= 0.6 is 0 Å². The van der Waals surface area contributed by atoms with Crippen molar-refractivity contribution < 1.29 is 26.9 Å². The van der Waals surface area contributed by atoms with E-state index in [1.807, 2.05) is 7.05 Å². The first-order valence-electron chi connectivity index (χ1n) is 11.6. The van der Waals surface area contributed by atoms with Gasteiger partial charge in [-0.3, -0.25) is 5.32 Å². The fourth-order valence-electron chi connectivity index (χ4n) is 4.66. The van der Waals surface area contributed by atoms with E-state index in [1.165, 1.54) is 18.5 Å². The lowest BCUT2D eigenvalue weighted by molar-refractivity contribution is -0.165. The molecule has 2 aliphatic rings. The molecule has 0 radical (unpaired) electrons. The third kappa shape index (κ3) is 3.89. The molecule has 1 saturated heterocycles. The van der Waals surface area contributed by atoms with Crippen LogP contribution in [0.1, 0.15) is 24.6 Å². The molecule has 15 heteroatoms. The Morgan fingerprint density at radius 2 is 1.95 bits per heavy atom. The number of nitrogens with two attached hydrogens (primary N) is 1. The number of amides is 2. The molecule has 38 heavy (non-hydrogen) atoms. The lowest BCUT2D eigenvalue weighted by atomic mass is 10.0. The number of alkyl halides is 3. The maximum absolute atomic E-state index is 15.0. The predicted octanol–water partition coefficient (Wildman–Crippen LogP) is 3.93. The van der Waals surface area contributed by atoms with Crippen LogP contribution < -0.4 is 16.4 Å². The Labute approximate surface area is 212 Å². The number of hydrogen-bond donors (Lipinski definition) is 3. The number of hydrogen-bond acceptors (Lipinski definition) is 8. The SMILES string of the molecule is CN1CC(n2nc(-c3ccc(NC(=O)Nc4cc(C5(C(F)(F)F)CC5)on4)c(F)c3)c3c(N)ncnc32)C1. The number of aromatic nitrogens is 5. The van der Waals surface area contributed by atoms with E-state index in [0.717, 1.165) is 19.2 Å². The molecule has 1 saturated carbocycles. The van der Waals surface area contributed by atoms with Crippen molar-refractivity contribution in [3.63, 3.8) is 0 Å². The Morgan fingerprint density at radius 1 is 1.18 bits per heavy atom. The summed E-state index contributed by atoms with van der Waals surface area (Å²) in [6.07, 6.45) is -3.36. The molecule has 11 nitrogen and oxygen atoms in total. The number of likely N-dealkylation sites (tertiary alicyclic amines) is 1. The second-order valence-electron chi connectivity index (χ2n) is 9.56. The Kier molecular flexibility index (Phi) is 5.31. The number of nitrogens with zero attached hydrogens (tertiary/aromatic N) is 6.